The maximum Gasteiger partial charge on any atom is 0.274 e. The number of benzene rings is 1. The fourth-order valence-electron chi connectivity index (χ4n) is 5.58. The van der Waals surface area contributed by atoms with E-state index in [0.29, 0.717) is 23.7 Å². The lowest BCUT2D eigenvalue weighted by atomic mass is 9.94. The number of nitrogens with zero attached hydrogens (tertiary/aromatic N) is 3. The molecule has 1 N–H and O–H groups in total. The van der Waals surface area contributed by atoms with Gasteiger partial charge in [-0.05, 0) is 56.1 Å². The van der Waals surface area contributed by atoms with E-state index in [4.69, 9.17) is 0 Å². The van der Waals surface area contributed by atoms with Gasteiger partial charge in [-0.1, -0.05) is 31.2 Å². The number of hydrogen-bond donors (Lipinski definition) is 1. The van der Waals surface area contributed by atoms with Crippen molar-refractivity contribution in [1.82, 2.24) is 20.0 Å². The zero-order valence-electron chi connectivity index (χ0n) is 16.9. The van der Waals surface area contributed by atoms with Crippen LogP contribution in [0.1, 0.15) is 52.6 Å². The zero-order chi connectivity index (χ0) is 19.3. The fourth-order valence-corrected chi connectivity index (χ4v) is 5.58. The summed E-state index contributed by atoms with van der Waals surface area (Å²) >= 11 is 0. The number of piperidine rings is 1. The van der Waals surface area contributed by atoms with E-state index in [2.05, 4.69) is 51.2 Å². The average molecular weight is 379 g/mol. The molecule has 0 radical (unpaired) electrons. The smallest absolute Gasteiger partial charge is 0.274 e. The lowest BCUT2D eigenvalue weighted by Crippen LogP contribution is -2.48. The highest BCUT2D eigenvalue weighted by atomic mass is 16.2. The van der Waals surface area contributed by atoms with Gasteiger partial charge in [-0.15, -0.1) is 0 Å². The molecule has 1 aromatic heterocycles. The van der Waals surface area contributed by atoms with Gasteiger partial charge < -0.3 is 4.90 Å². The molecule has 4 heterocycles. The van der Waals surface area contributed by atoms with Crippen molar-refractivity contribution in [2.75, 3.05) is 19.6 Å². The molecule has 0 unspecified atom stereocenters. The van der Waals surface area contributed by atoms with Crippen molar-refractivity contribution in [2.24, 2.45) is 5.92 Å². The molecule has 3 fully saturated rings. The van der Waals surface area contributed by atoms with Crippen LogP contribution < -0.4 is 0 Å². The Balaban J connectivity index is 1.34. The predicted octanol–water partition coefficient (Wildman–Crippen LogP) is 2.98. The fraction of sp³-hybridized carbons (Fsp3) is 0.565. The van der Waals surface area contributed by atoms with Gasteiger partial charge >= 0.3 is 0 Å². The summed E-state index contributed by atoms with van der Waals surface area (Å²) in [4.78, 5) is 18.1. The number of fused-ring (bicyclic) bond motifs is 5. The van der Waals surface area contributed by atoms with Gasteiger partial charge in [0.05, 0.1) is 0 Å². The van der Waals surface area contributed by atoms with Gasteiger partial charge in [0.1, 0.15) is 0 Å². The van der Waals surface area contributed by atoms with Gasteiger partial charge in [0.15, 0.2) is 5.69 Å². The summed E-state index contributed by atoms with van der Waals surface area (Å²) in [7, 11) is 0. The monoisotopic (exact) mass is 378 g/mol. The van der Waals surface area contributed by atoms with Crippen molar-refractivity contribution in [1.29, 1.82) is 0 Å². The Morgan fingerprint density at radius 2 is 1.86 bits per heavy atom. The molecule has 148 valence electrons. The first-order chi connectivity index (χ1) is 13.6. The van der Waals surface area contributed by atoms with E-state index in [0.717, 1.165) is 56.6 Å². The van der Waals surface area contributed by atoms with E-state index in [9.17, 15) is 4.79 Å². The van der Waals surface area contributed by atoms with Gasteiger partial charge in [0.25, 0.3) is 5.91 Å². The zero-order valence-corrected chi connectivity index (χ0v) is 16.9. The molecule has 2 bridgehead atoms. The molecule has 28 heavy (non-hydrogen) atoms. The van der Waals surface area contributed by atoms with Crippen molar-refractivity contribution < 1.29 is 4.79 Å². The molecule has 3 saturated heterocycles. The van der Waals surface area contributed by atoms with E-state index in [-0.39, 0.29) is 5.91 Å². The first kappa shape index (κ1) is 17.9. The van der Waals surface area contributed by atoms with Gasteiger partial charge in [-0.3, -0.25) is 14.8 Å². The Labute approximate surface area is 167 Å². The average Bonchev–Trinajstić information content (AvgIpc) is 3.18. The molecule has 0 saturated carbocycles. The van der Waals surface area contributed by atoms with Crippen LogP contribution in [0.15, 0.2) is 24.3 Å². The second-order valence-electron chi connectivity index (χ2n) is 8.87. The number of H-pyrrole nitrogens is 1. The summed E-state index contributed by atoms with van der Waals surface area (Å²) < 4.78 is 0. The lowest BCUT2D eigenvalue weighted by Gasteiger charge is -2.36. The van der Waals surface area contributed by atoms with Gasteiger partial charge in [-0.25, -0.2) is 0 Å². The number of amides is 1. The number of nitrogens with one attached hydrogen (secondary N) is 1. The first-order valence-corrected chi connectivity index (χ1v) is 10.8. The van der Waals surface area contributed by atoms with Crippen molar-refractivity contribution in [3.8, 4) is 0 Å². The highest BCUT2D eigenvalue weighted by Crippen LogP contribution is 2.33. The van der Waals surface area contributed by atoms with Crippen molar-refractivity contribution in [3.63, 3.8) is 0 Å². The Kier molecular flexibility index (Phi) is 4.50. The Morgan fingerprint density at radius 3 is 2.54 bits per heavy atom. The summed E-state index contributed by atoms with van der Waals surface area (Å²) in [6.07, 6.45) is 5.55. The van der Waals surface area contributed by atoms with Crippen molar-refractivity contribution in [3.05, 3.63) is 52.3 Å². The third kappa shape index (κ3) is 2.96. The Bertz CT molecular complexity index is 863. The number of carbonyl (C=O) groups is 1. The van der Waals surface area contributed by atoms with E-state index in [1.807, 2.05) is 6.92 Å². The summed E-state index contributed by atoms with van der Waals surface area (Å²) in [5.74, 6) is 0.705. The van der Waals surface area contributed by atoms with Gasteiger partial charge in [-0.2, -0.15) is 5.10 Å². The largest absolute Gasteiger partial charge is 0.333 e. The normalized spacial score (nSPS) is 25.1. The minimum atomic E-state index is 0.125. The predicted molar refractivity (Wildman–Crippen MR) is 109 cm³/mol. The number of aromatic nitrogens is 2. The summed E-state index contributed by atoms with van der Waals surface area (Å²) in [5.41, 5.74) is 5.75. The van der Waals surface area contributed by atoms with Crippen LogP contribution in [-0.2, 0) is 19.3 Å². The SMILES string of the molecule is CCc1[nH]nc(C(=O)N2C[C@H]3CC[C@@H]2CN(C2Cc4ccccc4C2)C3)c1C. The lowest BCUT2D eigenvalue weighted by molar-refractivity contribution is 0.0575. The maximum atomic E-state index is 13.3. The molecule has 1 aromatic carbocycles. The Hall–Kier alpha value is -2.14. The highest BCUT2D eigenvalue weighted by Gasteiger charge is 2.41. The standard InChI is InChI=1S/C23H30N4O/c1-3-21-15(2)22(25-24-21)23(28)27-13-16-8-9-19(27)14-26(12-16)20-10-17-6-4-5-7-18(17)11-20/h4-7,16,19-20H,3,8-14H2,1-2H3,(H,24,25)/t16-,19+/m0/s1. The summed E-state index contributed by atoms with van der Waals surface area (Å²) in [5, 5.41) is 7.43. The van der Waals surface area contributed by atoms with Gasteiger partial charge in [0.2, 0.25) is 0 Å². The number of hydrogen-bond acceptors (Lipinski definition) is 3. The van der Waals surface area contributed by atoms with Gasteiger partial charge in [0, 0.05) is 43.0 Å². The summed E-state index contributed by atoms with van der Waals surface area (Å²) in [6, 6.07) is 9.78. The van der Waals surface area contributed by atoms with Crippen LogP contribution in [0.3, 0.4) is 0 Å². The molecular formula is C23H30N4O. The molecule has 0 spiro atoms. The van der Waals surface area contributed by atoms with E-state index in [1.54, 1.807) is 0 Å². The molecule has 2 atom stereocenters. The van der Waals surface area contributed by atoms with E-state index in [1.165, 1.54) is 17.5 Å². The minimum Gasteiger partial charge on any atom is -0.333 e. The van der Waals surface area contributed by atoms with Crippen LogP contribution in [-0.4, -0.2) is 57.6 Å². The second-order valence-corrected chi connectivity index (χ2v) is 8.87. The van der Waals surface area contributed by atoms with E-state index < -0.39 is 0 Å². The number of aromatic amines is 1. The third-order valence-corrected chi connectivity index (χ3v) is 7.22. The van der Waals surface area contributed by atoms with Crippen molar-refractivity contribution in [2.45, 2.75) is 58.0 Å². The molecule has 3 aliphatic heterocycles. The topological polar surface area (TPSA) is 52.2 Å². The maximum absolute atomic E-state index is 13.3. The van der Waals surface area contributed by atoms with Crippen LogP contribution in [0.4, 0.5) is 0 Å². The quantitative estimate of drug-likeness (QED) is 0.893. The van der Waals surface area contributed by atoms with Crippen LogP contribution >= 0.6 is 0 Å². The van der Waals surface area contributed by atoms with Crippen LogP contribution in [0.2, 0.25) is 0 Å². The third-order valence-electron chi connectivity index (χ3n) is 7.22. The number of carbonyl (C=O) groups excluding carboxylic acids is 1. The Morgan fingerprint density at radius 1 is 1.11 bits per heavy atom. The van der Waals surface area contributed by atoms with E-state index >= 15 is 0 Å². The molecule has 1 aliphatic carbocycles. The summed E-state index contributed by atoms with van der Waals surface area (Å²) in [6.45, 7) is 7.13. The molecule has 1 amide bonds. The number of aryl methyl sites for hydroxylation is 1. The van der Waals surface area contributed by atoms with Crippen LogP contribution in [0.5, 0.6) is 0 Å². The number of rotatable bonds is 3. The molecule has 5 nitrogen and oxygen atoms in total. The molecule has 2 aromatic rings. The molecular weight excluding hydrogens is 348 g/mol. The first-order valence-electron chi connectivity index (χ1n) is 10.8. The van der Waals surface area contributed by atoms with Crippen molar-refractivity contribution >= 4 is 5.91 Å². The molecule has 6 rings (SSSR count). The molecule has 4 aliphatic rings. The highest BCUT2D eigenvalue weighted by molar-refractivity contribution is 5.94. The minimum absolute atomic E-state index is 0.125. The molecule has 5 heteroatoms. The van der Waals surface area contributed by atoms with Crippen LogP contribution in [0.25, 0.3) is 0 Å². The van der Waals surface area contributed by atoms with Crippen LogP contribution in [0, 0.1) is 12.8 Å². The second kappa shape index (κ2) is 7.03.